The summed E-state index contributed by atoms with van der Waals surface area (Å²) in [6.07, 6.45) is 6.45. The topological polar surface area (TPSA) is 38.0 Å². The first kappa shape index (κ1) is 11.6. The molecule has 1 fully saturated rings. The molecule has 3 heteroatoms. The van der Waals surface area contributed by atoms with Crippen molar-refractivity contribution in [3.63, 3.8) is 0 Å². The Morgan fingerprint density at radius 3 is 2.88 bits per heavy atom. The van der Waals surface area contributed by atoms with Crippen molar-refractivity contribution in [3.8, 4) is 0 Å². The average molecular weight is 222 g/mol. The van der Waals surface area contributed by atoms with Crippen molar-refractivity contribution in [1.82, 2.24) is 9.78 Å². The van der Waals surface area contributed by atoms with Gasteiger partial charge in [-0.15, -0.1) is 0 Å². The van der Waals surface area contributed by atoms with Crippen LogP contribution < -0.4 is 0 Å². The molecule has 0 aliphatic heterocycles. The van der Waals surface area contributed by atoms with Crippen LogP contribution in [0.5, 0.6) is 0 Å². The van der Waals surface area contributed by atoms with E-state index in [1.54, 1.807) is 0 Å². The van der Waals surface area contributed by atoms with Crippen molar-refractivity contribution in [2.45, 2.75) is 51.6 Å². The Morgan fingerprint density at radius 2 is 2.31 bits per heavy atom. The molecule has 16 heavy (non-hydrogen) atoms. The average Bonchev–Trinajstić information content (AvgIpc) is 3.05. The van der Waals surface area contributed by atoms with Gasteiger partial charge in [-0.1, -0.05) is 6.92 Å². The summed E-state index contributed by atoms with van der Waals surface area (Å²) in [5.41, 5.74) is 2.46. The summed E-state index contributed by atoms with van der Waals surface area (Å²) in [5.74, 6) is 0.609. The molecule has 1 N–H and O–H groups in total. The second-order valence-electron chi connectivity index (χ2n) is 4.90. The van der Waals surface area contributed by atoms with E-state index in [0.29, 0.717) is 5.92 Å². The van der Waals surface area contributed by atoms with E-state index in [0.717, 1.165) is 25.7 Å². The summed E-state index contributed by atoms with van der Waals surface area (Å²) < 4.78 is 1.97. The van der Waals surface area contributed by atoms with Crippen LogP contribution in [0.2, 0.25) is 0 Å². The van der Waals surface area contributed by atoms with Crippen LogP contribution in [0.1, 0.15) is 44.0 Å². The zero-order valence-electron chi connectivity index (χ0n) is 10.3. The minimum atomic E-state index is -0.0566. The third-order valence-corrected chi connectivity index (χ3v) is 3.49. The maximum atomic E-state index is 9.77. The number of aliphatic hydroxyl groups is 1. The van der Waals surface area contributed by atoms with Crippen LogP contribution in [-0.2, 0) is 19.9 Å². The lowest BCUT2D eigenvalue weighted by molar-refractivity contribution is 0.139. The first-order valence-corrected chi connectivity index (χ1v) is 6.40. The fourth-order valence-electron chi connectivity index (χ4n) is 2.19. The number of hydrogen-bond donors (Lipinski definition) is 1. The molecule has 1 aliphatic carbocycles. The Morgan fingerprint density at radius 1 is 1.56 bits per heavy atom. The molecule has 1 heterocycles. The largest absolute Gasteiger partial charge is 0.393 e. The van der Waals surface area contributed by atoms with Crippen LogP contribution in [-0.4, -0.2) is 21.0 Å². The minimum Gasteiger partial charge on any atom is -0.393 e. The molecule has 1 aromatic heterocycles. The Kier molecular flexibility index (Phi) is 3.64. The van der Waals surface area contributed by atoms with E-state index in [9.17, 15) is 5.11 Å². The van der Waals surface area contributed by atoms with Crippen LogP contribution in [0.15, 0.2) is 6.07 Å². The molecule has 2 rings (SSSR count). The lowest BCUT2D eigenvalue weighted by Gasteiger charge is -2.08. The van der Waals surface area contributed by atoms with Gasteiger partial charge in [0.2, 0.25) is 0 Å². The predicted octanol–water partition coefficient (Wildman–Crippen LogP) is 2.08. The van der Waals surface area contributed by atoms with Crippen molar-refractivity contribution >= 4 is 0 Å². The second kappa shape index (κ2) is 5.00. The van der Waals surface area contributed by atoms with Crippen LogP contribution in [0.4, 0.5) is 0 Å². The molecule has 1 saturated carbocycles. The quantitative estimate of drug-likeness (QED) is 0.800. The third-order valence-electron chi connectivity index (χ3n) is 3.49. The highest BCUT2D eigenvalue weighted by molar-refractivity contribution is 5.10. The molecule has 1 aromatic rings. The van der Waals surface area contributed by atoms with Crippen molar-refractivity contribution in [3.05, 3.63) is 17.5 Å². The monoisotopic (exact) mass is 222 g/mol. The molecule has 1 atom stereocenters. The molecule has 1 aliphatic rings. The Labute approximate surface area is 97.5 Å². The van der Waals surface area contributed by atoms with Crippen LogP contribution >= 0.6 is 0 Å². The van der Waals surface area contributed by atoms with E-state index in [1.807, 2.05) is 11.7 Å². The number of aromatic nitrogens is 2. The highest BCUT2D eigenvalue weighted by Crippen LogP contribution is 2.34. The van der Waals surface area contributed by atoms with Crippen LogP contribution in [0.3, 0.4) is 0 Å². The highest BCUT2D eigenvalue weighted by atomic mass is 16.3. The van der Waals surface area contributed by atoms with Crippen molar-refractivity contribution in [2.24, 2.45) is 13.0 Å². The molecule has 0 spiro atoms. The maximum absolute atomic E-state index is 9.77. The van der Waals surface area contributed by atoms with E-state index in [-0.39, 0.29) is 6.10 Å². The molecule has 1 unspecified atom stereocenters. The van der Waals surface area contributed by atoms with Gasteiger partial charge in [-0.2, -0.15) is 5.10 Å². The minimum absolute atomic E-state index is 0.0566. The smallest absolute Gasteiger partial charge is 0.0624 e. The molecular weight excluding hydrogens is 200 g/mol. The number of aryl methyl sites for hydroxylation is 3. The lowest BCUT2D eigenvalue weighted by Crippen LogP contribution is -2.09. The SMILES string of the molecule is CCc1cc(CCCC(O)C2CC2)n(C)n1. The summed E-state index contributed by atoms with van der Waals surface area (Å²) in [7, 11) is 2.01. The van der Waals surface area contributed by atoms with Gasteiger partial charge in [0.05, 0.1) is 11.8 Å². The normalized spacial score (nSPS) is 17.7. The summed E-state index contributed by atoms with van der Waals surface area (Å²) >= 11 is 0. The van der Waals surface area contributed by atoms with Gasteiger partial charge < -0.3 is 5.11 Å². The predicted molar refractivity (Wildman–Crippen MR) is 64.3 cm³/mol. The van der Waals surface area contributed by atoms with Gasteiger partial charge in [-0.05, 0) is 50.5 Å². The highest BCUT2D eigenvalue weighted by Gasteiger charge is 2.28. The van der Waals surface area contributed by atoms with Crippen LogP contribution in [0, 0.1) is 5.92 Å². The standard InChI is InChI=1S/C13H22N2O/c1-3-11-9-12(15(2)14-11)5-4-6-13(16)10-7-8-10/h9-10,13,16H,3-8H2,1-2H3. The summed E-state index contributed by atoms with van der Waals surface area (Å²) in [6, 6.07) is 2.18. The second-order valence-corrected chi connectivity index (χ2v) is 4.90. The van der Waals surface area contributed by atoms with Gasteiger partial charge in [0, 0.05) is 12.7 Å². The molecule has 0 aromatic carbocycles. The number of hydrogen-bond acceptors (Lipinski definition) is 2. The third kappa shape index (κ3) is 2.85. The Balaban J connectivity index is 1.77. The van der Waals surface area contributed by atoms with E-state index in [4.69, 9.17) is 0 Å². The Hall–Kier alpha value is -0.830. The van der Waals surface area contributed by atoms with Crippen molar-refractivity contribution < 1.29 is 5.11 Å². The Bertz CT molecular complexity index is 342. The molecule has 90 valence electrons. The first-order valence-electron chi connectivity index (χ1n) is 6.40. The molecule has 0 bridgehead atoms. The van der Waals surface area contributed by atoms with E-state index in [1.165, 1.54) is 24.2 Å². The zero-order chi connectivity index (χ0) is 11.5. The summed E-state index contributed by atoms with van der Waals surface area (Å²) in [6.45, 7) is 2.13. The van der Waals surface area contributed by atoms with Gasteiger partial charge in [-0.3, -0.25) is 4.68 Å². The molecule has 0 radical (unpaired) electrons. The first-order chi connectivity index (χ1) is 7.70. The van der Waals surface area contributed by atoms with Gasteiger partial charge in [0.25, 0.3) is 0 Å². The number of aliphatic hydroxyl groups excluding tert-OH is 1. The lowest BCUT2D eigenvalue weighted by atomic mass is 10.1. The molecular formula is C13H22N2O. The fraction of sp³-hybridized carbons (Fsp3) is 0.769. The van der Waals surface area contributed by atoms with Crippen molar-refractivity contribution in [2.75, 3.05) is 0 Å². The summed E-state index contributed by atoms with van der Waals surface area (Å²) in [5, 5.41) is 14.2. The van der Waals surface area contributed by atoms with Gasteiger partial charge in [-0.25, -0.2) is 0 Å². The summed E-state index contributed by atoms with van der Waals surface area (Å²) in [4.78, 5) is 0. The number of nitrogens with zero attached hydrogens (tertiary/aromatic N) is 2. The maximum Gasteiger partial charge on any atom is 0.0624 e. The van der Waals surface area contributed by atoms with E-state index >= 15 is 0 Å². The van der Waals surface area contributed by atoms with Gasteiger partial charge >= 0.3 is 0 Å². The fourth-order valence-corrected chi connectivity index (χ4v) is 2.19. The molecule has 3 nitrogen and oxygen atoms in total. The number of rotatable bonds is 6. The van der Waals surface area contributed by atoms with Gasteiger partial charge in [0.1, 0.15) is 0 Å². The van der Waals surface area contributed by atoms with Crippen LogP contribution in [0.25, 0.3) is 0 Å². The van der Waals surface area contributed by atoms with E-state index < -0.39 is 0 Å². The van der Waals surface area contributed by atoms with E-state index in [2.05, 4.69) is 18.1 Å². The van der Waals surface area contributed by atoms with Gasteiger partial charge in [0.15, 0.2) is 0 Å². The zero-order valence-corrected chi connectivity index (χ0v) is 10.3. The molecule has 0 amide bonds. The molecule has 0 saturated heterocycles. The van der Waals surface area contributed by atoms with Crippen molar-refractivity contribution in [1.29, 1.82) is 0 Å².